The normalized spacial score (nSPS) is 17.8. The van der Waals surface area contributed by atoms with Crippen LogP contribution in [-0.2, 0) is 4.79 Å². The molecule has 0 radical (unpaired) electrons. The van der Waals surface area contributed by atoms with Crippen LogP contribution in [0.1, 0.15) is 34.6 Å². The van der Waals surface area contributed by atoms with E-state index in [4.69, 9.17) is 5.11 Å². The van der Waals surface area contributed by atoms with Crippen molar-refractivity contribution in [3.63, 3.8) is 0 Å². The summed E-state index contributed by atoms with van der Waals surface area (Å²) in [4.78, 5) is 11.0. The largest absolute Gasteiger partial charge is 0.481 e. The zero-order valence-corrected chi connectivity index (χ0v) is 8.51. The lowest BCUT2D eigenvalue weighted by molar-refractivity contribution is -0.150. The smallest absolute Gasteiger partial charge is 0.313 e. The Labute approximate surface area is 74.3 Å². The molecular weight excluding hydrogens is 152 g/mol. The summed E-state index contributed by atoms with van der Waals surface area (Å²) in [6.45, 7) is 9.38. The maximum Gasteiger partial charge on any atom is 0.313 e. The van der Waals surface area contributed by atoms with Crippen LogP contribution in [0.3, 0.4) is 0 Å². The maximum absolute atomic E-state index is 11.0. The molecular formula is C10H18O2. The number of carbonyl (C=O) groups is 1. The molecule has 1 atom stereocenters. The molecule has 0 aliphatic carbocycles. The Morgan fingerprint density at radius 3 is 1.75 bits per heavy atom. The van der Waals surface area contributed by atoms with Crippen LogP contribution in [0, 0.1) is 10.8 Å². The van der Waals surface area contributed by atoms with Crippen molar-refractivity contribution in [2.45, 2.75) is 34.6 Å². The van der Waals surface area contributed by atoms with Crippen LogP contribution in [0.25, 0.3) is 0 Å². The highest BCUT2D eigenvalue weighted by atomic mass is 16.4. The second kappa shape index (κ2) is 3.30. The number of aliphatic carboxylic acids is 1. The van der Waals surface area contributed by atoms with Crippen LogP contribution in [0.15, 0.2) is 12.2 Å². The van der Waals surface area contributed by atoms with Crippen molar-refractivity contribution in [2.24, 2.45) is 10.8 Å². The predicted molar refractivity (Wildman–Crippen MR) is 50.0 cm³/mol. The molecule has 1 N–H and O–H groups in total. The van der Waals surface area contributed by atoms with E-state index in [-0.39, 0.29) is 5.41 Å². The fraction of sp³-hybridized carbons (Fsp3) is 0.700. The topological polar surface area (TPSA) is 37.3 Å². The fourth-order valence-corrected chi connectivity index (χ4v) is 0.975. The van der Waals surface area contributed by atoms with E-state index in [1.165, 1.54) is 0 Å². The van der Waals surface area contributed by atoms with Crippen LogP contribution < -0.4 is 0 Å². The van der Waals surface area contributed by atoms with Crippen LogP contribution in [-0.4, -0.2) is 11.1 Å². The van der Waals surface area contributed by atoms with Gasteiger partial charge < -0.3 is 5.11 Å². The van der Waals surface area contributed by atoms with Gasteiger partial charge in [-0.05, 0) is 19.3 Å². The minimum absolute atomic E-state index is 0.259. The first kappa shape index (κ1) is 11.2. The van der Waals surface area contributed by atoms with Gasteiger partial charge >= 0.3 is 5.97 Å². The molecule has 0 aromatic heterocycles. The van der Waals surface area contributed by atoms with E-state index in [0.717, 1.165) is 0 Å². The van der Waals surface area contributed by atoms with E-state index in [0.29, 0.717) is 0 Å². The number of hydrogen-bond donors (Lipinski definition) is 1. The van der Waals surface area contributed by atoms with Gasteiger partial charge in [-0.15, -0.1) is 0 Å². The zero-order chi connectivity index (χ0) is 9.99. The summed E-state index contributed by atoms with van der Waals surface area (Å²) in [6.07, 6.45) is 3.54. The lowest BCUT2D eigenvalue weighted by Crippen LogP contribution is -2.38. The van der Waals surface area contributed by atoms with Gasteiger partial charge in [-0.3, -0.25) is 4.79 Å². The highest BCUT2D eigenvalue weighted by Gasteiger charge is 2.41. The molecule has 0 rings (SSSR count). The summed E-state index contributed by atoms with van der Waals surface area (Å²) in [6, 6.07) is 0. The second-order valence-electron chi connectivity index (χ2n) is 4.26. The molecule has 2 heteroatoms. The molecule has 1 unspecified atom stereocenters. The number of allylic oxidation sites excluding steroid dienone is 1. The van der Waals surface area contributed by atoms with Crippen molar-refractivity contribution in [1.29, 1.82) is 0 Å². The van der Waals surface area contributed by atoms with Gasteiger partial charge in [0.15, 0.2) is 0 Å². The van der Waals surface area contributed by atoms with Crippen LogP contribution >= 0.6 is 0 Å². The van der Waals surface area contributed by atoms with Gasteiger partial charge in [-0.2, -0.15) is 0 Å². The highest BCUT2D eigenvalue weighted by molar-refractivity contribution is 5.77. The molecule has 0 aromatic rings. The molecule has 0 bridgehead atoms. The van der Waals surface area contributed by atoms with Crippen molar-refractivity contribution < 1.29 is 9.90 Å². The van der Waals surface area contributed by atoms with E-state index in [2.05, 4.69) is 0 Å². The van der Waals surface area contributed by atoms with Gasteiger partial charge in [-0.1, -0.05) is 32.9 Å². The quantitative estimate of drug-likeness (QED) is 0.647. The molecule has 12 heavy (non-hydrogen) atoms. The average Bonchev–Trinajstić information content (AvgIpc) is 1.85. The lowest BCUT2D eigenvalue weighted by Gasteiger charge is -2.35. The van der Waals surface area contributed by atoms with Crippen molar-refractivity contribution in [1.82, 2.24) is 0 Å². The third kappa shape index (κ3) is 1.87. The Morgan fingerprint density at radius 1 is 1.25 bits per heavy atom. The van der Waals surface area contributed by atoms with E-state index in [1.54, 1.807) is 19.1 Å². The molecule has 0 saturated carbocycles. The van der Waals surface area contributed by atoms with E-state index >= 15 is 0 Å². The molecule has 0 saturated heterocycles. The molecule has 0 aliphatic heterocycles. The highest BCUT2D eigenvalue weighted by Crippen LogP contribution is 2.39. The van der Waals surface area contributed by atoms with Crippen molar-refractivity contribution in [3.05, 3.63) is 12.2 Å². The Kier molecular flexibility index (Phi) is 3.08. The summed E-state index contributed by atoms with van der Waals surface area (Å²) in [7, 11) is 0. The zero-order valence-electron chi connectivity index (χ0n) is 8.51. The molecule has 0 fully saturated rings. The Hall–Kier alpha value is -0.790. The SMILES string of the molecule is CC=CC(C)(C(=O)O)C(C)(C)C. The van der Waals surface area contributed by atoms with Gasteiger partial charge in [0.05, 0.1) is 5.41 Å². The first-order valence-electron chi connectivity index (χ1n) is 4.13. The van der Waals surface area contributed by atoms with Gasteiger partial charge in [0.25, 0.3) is 0 Å². The molecule has 2 nitrogen and oxygen atoms in total. The second-order valence-corrected chi connectivity index (χ2v) is 4.26. The molecule has 0 heterocycles. The third-order valence-corrected chi connectivity index (χ3v) is 2.50. The maximum atomic E-state index is 11.0. The van der Waals surface area contributed by atoms with Gasteiger partial charge in [0.1, 0.15) is 0 Å². The van der Waals surface area contributed by atoms with Gasteiger partial charge in [-0.25, -0.2) is 0 Å². The van der Waals surface area contributed by atoms with Gasteiger partial charge in [0, 0.05) is 0 Å². The minimum atomic E-state index is -0.776. The first-order valence-corrected chi connectivity index (χ1v) is 4.13. The summed E-state index contributed by atoms with van der Waals surface area (Å²) < 4.78 is 0. The summed E-state index contributed by atoms with van der Waals surface area (Å²) >= 11 is 0. The number of carboxylic acid groups (broad SMARTS) is 1. The minimum Gasteiger partial charge on any atom is -0.481 e. The fourth-order valence-electron chi connectivity index (χ4n) is 0.975. The summed E-state index contributed by atoms with van der Waals surface area (Å²) in [5.74, 6) is -0.770. The van der Waals surface area contributed by atoms with Crippen LogP contribution in [0.4, 0.5) is 0 Å². The molecule has 0 spiro atoms. The monoisotopic (exact) mass is 170 g/mol. The number of hydrogen-bond acceptors (Lipinski definition) is 1. The van der Waals surface area contributed by atoms with E-state index in [9.17, 15) is 4.79 Å². The van der Waals surface area contributed by atoms with Crippen LogP contribution in [0.2, 0.25) is 0 Å². The van der Waals surface area contributed by atoms with E-state index < -0.39 is 11.4 Å². The molecule has 0 amide bonds. The lowest BCUT2D eigenvalue weighted by atomic mass is 9.68. The third-order valence-electron chi connectivity index (χ3n) is 2.50. The molecule has 70 valence electrons. The number of rotatable bonds is 2. The first-order chi connectivity index (χ1) is 5.25. The summed E-state index contributed by atoms with van der Waals surface area (Å²) in [5.41, 5.74) is -1.03. The number of carboxylic acids is 1. The Balaban J connectivity index is 5.01. The molecule has 0 aromatic carbocycles. The van der Waals surface area contributed by atoms with Crippen molar-refractivity contribution in [2.75, 3.05) is 0 Å². The van der Waals surface area contributed by atoms with Crippen LogP contribution in [0.5, 0.6) is 0 Å². The summed E-state index contributed by atoms with van der Waals surface area (Å²) in [5, 5.41) is 9.05. The van der Waals surface area contributed by atoms with E-state index in [1.807, 2.05) is 27.7 Å². The predicted octanol–water partition coefficient (Wildman–Crippen LogP) is 2.70. The van der Waals surface area contributed by atoms with Crippen molar-refractivity contribution in [3.8, 4) is 0 Å². The van der Waals surface area contributed by atoms with Crippen molar-refractivity contribution >= 4 is 5.97 Å². The van der Waals surface area contributed by atoms with Gasteiger partial charge in [0.2, 0.25) is 0 Å². The average molecular weight is 170 g/mol. The molecule has 0 aliphatic rings. The Bertz CT molecular complexity index is 198. The Morgan fingerprint density at radius 2 is 1.67 bits per heavy atom. The standard InChI is InChI=1S/C10H18O2/c1-6-7-10(5,8(11)12)9(2,3)4/h6-7H,1-5H3,(H,11,12).